The molecule has 0 saturated carbocycles. The van der Waals surface area contributed by atoms with E-state index in [1.165, 1.54) is 11.4 Å². The minimum absolute atomic E-state index is 0.0286. The average molecular weight is 475 g/mol. The van der Waals surface area contributed by atoms with Crippen molar-refractivity contribution in [3.8, 4) is 5.75 Å². The quantitative estimate of drug-likeness (QED) is 0.589. The fraction of sp³-hybridized carbons (Fsp3) is 0.417. The lowest BCUT2D eigenvalue weighted by atomic mass is 9.98. The van der Waals surface area contributed by atoms with E-state index in [-0.39, 0.29) is 18.8 Å². The summed E-state index contributed by atoms with van der Waals surface area (Å²) in [6.07, 6.45) is -0.443. The number of esters is 1. The van der Waals surface area contributed by atoms with E-state index >= 15 is 0 Å². The Bertz CT molecular complexity index is 1080. The van der Waals surface area contributed by atoms with Gasteiger partial charge in [0, 0.05) is 18.7 Å². The molecule has 1 unspecified atom stereocenters. The number of rotatable bonds is 8. The van der Waals surface area contributed by atoms with Gasteiger partial charge in [0.1, 0.15) is 5.75 Å². The van der Waals surface area contributed by atoms with Crippen molar-refractivity contribution in [1.82, 2.24) is 4.31 Å². The topological polar surface area (TPSA) is 102 Å². The number of aryl methyl sites for hydroxylation is 1. The van der Waals surface area contributed by atoms with Gasteiger partial charge < -0.3 is 14.8 Å². The van der Waals surface area contributed by atoms with E-state index < -0.39 is 33.9 Å². The molecule has 2 aromatic rings. The molecule has 1 atom stereocenters. The molecule has 0 bridgehead atoms. The number of hydrogen-bond donors (Lipinski definition) is 1. The SMILES string of the molecule is CCS(=O)(=O)N1CCC(C(=O)OC(C(=O)Nc2cc(C)ccc2OC)c2ccccc2)CC1. The molecule has 178 valence electrons. The zero-order chi connectivity index (χ0) is 24.0. The zero-order valence-electron chi connectivity index (χ0n) is 19.1. The zero-order valence-corrected chi connectivity index (χ0v) is 19.9. The molecule has 3 rings (SSSR count). The molecular weight excluding hydrogens is 444 g/mol. The molecule has 0 spiro atoms. The van der Waals surface area contributed by atoms with Crippen LogP contribution in [0.1, 0.15) is 37.0 Å². The van der Waals surface area contributed by atoms with Gasteiger partial charge in [0.05, 0.1) is 24.5 Å². The van der Waals surface area contributed by atoms with E-state index in [2.05, 4.69) is 5.32 Å². The van der Waals surface area contributed by atoms with Gasteiger partial charge in [-0.15, -0.1) is 0 Å². The molecular formula is C24H30N2O6S. The number of benzene rings is 2. The third-order valence-corrected chi connectivity index (χ3v) is 7.61. The Hall–Kier alpha value is -2.91. The van der Waals surface area contributed by atoms with Crippen molar-refractivity contribution in [3.63, 3.8) is 0 Å². The van der Waals surface area contributed by atoms with Crippen molar-refractivity contribution in [2.75, 3.05) is 31.3 Å². The van der Waals surface area contributed by atoms with Crippen molar-refractivity contribution >= 4 is 27.6 Å². The van der Waals surface area contributed by atoms with Crippen LogP contribution in [0.25, 0.3) is 0 Å². The second kappa shape index (κ2) is 10.8. The van der Waals surface area contributed by atoms with E-state index in [1.807, 2.05) is 19.1 Å². The average Bonchev–Trinajstić information content (AvgIpc) is 2.83. The second-order valence-corrected chi connectivity index (χ2v) is 10.3. The van der Waals surface area contributed by atoms with Gasteiger partial charge in [-0.3, -0.25) is 9.59 Å². The van der Waals surface area contributed by atoms with Crippen LogP contribution in [0.4, 0.5) is 5.69 Å². The minimum Gasteiger partial charge on any atom is -0.495 e. The second-order valence-electron chi connectivity index (χ2n) is 7.99. The number of sulfonamides is 1. The summed E-state index contributed by atoms with van der Waals surface area (Å²) in [6.45, 7) is 4.02. The van der Waals surface area contributed by atoms with E-state index in [0.717, 1.165) is 5.56 Å². The molecule has 1 aliphatic heterocycles. The van der Waals surface area contributed by atoms with Gasteiger partial charge in [-0.2, -0.15) is 0 Å². The van der Waals surface area contributed by atoms with Crippen molar-refractivity contribution in [1.29, 1.82) is 0 Å². The normalized spacial score (nSPS) is 16.1. The van der Waals surface area contributed by atoms with Crippen LogP contribution in [-0.2, 0) is 24.3 Å². The first-order valence-corrected chi connectivity index (χ1v) is 12.5. The standard InChI is InChI=1S/C24H30N2O6S/c1-4-33(29,30)26-14-12-19(13-15-26)24(28)32-22(18-8-6-5-7-9-18)23(27)25-20-16-17(2)10-11-21(20)31-3/h5-11,16,19,22H,4,12-15H2,1-3H3,(H,25,27). The third-order valence-electron chi connectivity index (χ3n) is 5.73. The largest absolute Gasteiger partial charge is 0.495 e. The van der Waals surface area contributed by atoms with E-state index in [1.54, 1.807) is 43.3 Å². The summed E-state index contributed by atoms with van der Waals surface area (Å²) in [6, 6.07) is 14.2. The highest BCUT2D eigenvalue weighted by molar-refractivity contribution is 7.89. The number of methoxy groups -OCH3 is 1. The Balaban J connectivity index is 1.75. The van der Waals surface area contributed by atoms with Crippen LogP contribution in [0.3, 0.4) is 0 Å². The highest BCUT2D eigenvalue weighted by atomic mass is 32.2. The lowest BCUT2D eigenvalue weighted by Gasteiger charge is -2.30. The summed E-state index contributed by atoms with van der Waals surface area (Å²) in [5.41, 5.74) is 1.96. The number of piperidine rings is 1. The summed E-state index contributed by atoms with van der Waals surface area (Å²) in [5, 5.41) is 2.82. The Morgan fingerprint density at radius 1 is 1.12 bits per heavy atom. The van der Waals surface area contributed by atoms with Gasteiger partial charge in [0.15, 0.2) is 0 Å². The smallest absolute Gasteiger partial charge is 0.310 e. The maximum atomic E-state index is 13.2. The van der Waals surface area contributed by atoms with Crippen LogP contribution in [0.15, 0.2) is 48.5 Å². The molecule has 0 aromatic heterocycles. The molecule has 33 heavy (non-hydrogen) atoms. The van der Waals surface area contributed by atoms with Gasteiger partial charge in [0.2, 0.25) is 16.1 Å². The Morgan fingerprint density at radius 3 is 2.39 bits per heavy atom. The van der Waals surface area contributed by atoms with Gasteiger partial charge in [-0.25, -0.2) is 12.7 Å². The number of hydrogen-bond acceptors (Lipinski definition) is 6. The Kier molecular flexibility index (Phi) is 8.10. The monoisotopic (exact) mass is 474 g/mol. The molecule has 1 N–H and O–H groups in total. The molecule has 1 amide bonds. The molecule has 1 heterocycles. The maximum Gasteiger partial charge on any atom is 0.310 e. The first-order valence-electron chi connectivity index (χ1n) is 10.9. The van der Waals surface area contributed by atoms with Crippen LogP contribution < -0.4 is 10.1 Å². The summed E-state index contributed by atoms with van der Waals surface area (Å²) in [5.74, 6) is -0.952. The molecule has 1 fully saturated rings. The first-order chi connectivity index (χ1) is 15.7. The van der Waals surface area contributed by atoms with E-state index in [9.17, 15) is 18.0 Å². The fourth-order valence-corrected chi connectivity index (χ4v) is 4.92. The molecule has 9 heteroatoms. The molecule has 8 nitrogen and oxygen atoms in total. The summed E-state index contributed by atoms with van der Waals surface area (Å²) < 4.78 is 36.6. The van der Waals surface area contributed by atoms with Gasteiger partial charge in [0.25, 0.3) is 5.91 Å². The van der Waals surface area contributed by atoms with Crippen molar-refractivity contribution in [3.05, 3.63) is 59.7 Å². The lowest BCUT2D eigenvalue weighted by Crippen LogP contribution is -2.41. The summed E-state index contributed by atoms with van der Waals surface area (Å²) in [4.78, 5) is 26.1. The summed E-state index contributed by atoms with van der Waals surface area (Å²) >= 11 is 0. The number of carbonyl (C=O) groups excluding carboxylic acids is 2. The van der Waals surface area contributed by atoms with Crippen molar-refractivity contribution < 1.29 is 27.5 Å². The van der Waals surface area contributed by atoms with Crippen molar-refractivity contribution in [2.45, 2.75) is 32.8 Å². The Labute approximate surface area is 194 Å². The van der Waals surface area contributed by atoms with E-state index in [0.29, 0.717) is 29.8 Å². The molecule has 1 aliphatic rings. The van der Waals surface area contributed by atoms with Gasteiger partial charge in [-0.05, 0) is 44.4 Å². The maximum absolute atomic E-state index is 13.2. The van der Waals surface area contributed by atoms with Crippen LogP contribution in [0.5, 0.6) is 5.75 Å². The number of nitrogens with one attached hydrogen (secondary N) is 1. The Morgan fingerprint density at radius 2 is 1.79 bits per heavy atom. The molecule has 2 aromatic carbocycles. The highest BCUT2D eigenvalue weighted by Gasteiger charge is 2.34. The van der Waals surface area contributed by atoms with Crippen LogP contribution >= 0.6 is 0 Å². The van der Waals surface area contributed by atoms with Crippen LogP contribution in [-0.4, -0.2) is 50.6 Å². The van der Waals surface area contributed by atoms with Crippen LogP contribution in [0.2, 0.25) is 0 Å². The van der Waals surface area contributed by atoms with Gasteiger partial charge in [-0.1, -0.05) is 36.4 Å². The molecule has 1 saturated heterocycles. The predicted molar refractivity (Wildman–Crippen MR) is 125 cm³/mol. The van der Waals surface area contributed by atoms with Crippen molar-refractivity contribution in [2.24, 2.45) is 5.92 Å². The summed E-state index contributed by atoms with van der Waals surface area (Å²) in [7, 11) is -1.78. The third kappa shape index (κ3) is 6.11. The van der Waals surface area contributed by atoms with E-state index in [4.69, 9.17) is 9.47 Å². The number of anilines is 1. The number of nitrogens with zero attached hydrogens (tertiary/aromatic N) is 1. The minimum atomic E-state index is -3.29. The molecule has 0 radical (unpaired) electrons. The lowest BCUT2D eigenvalue weighted by molar-refractivity contribution is -0.160. The number of carbonyl (C=O) groups is 2. The number of amides is 1. The number of ether oxygens (including phenoxy) is 2. The first kappa shape index (κ1) is 24.7. The molecule has 0 aliphatic carbocycles. The fourth-order valence-electron chi connectivity index (χ4n) is 3.78. The highest BCUT2D eigenvalue weighted by Crippen LogP contribution is 2.29. The van der Waals surface area contributed by atoms with Gasteiger partial charge >= 0.3 is 5.97 Å². The van der Waals surface area contributed by atoms with Crippen LogP contribution in [0, 0.1) is 12.8 Å². The predicted octanol–water partition coefficient (Wildman–Crippen LogP) is 3.29.